The highest BCUT2D eigenvalue weighted by Crippen LogP contribution is 2.26. The van der Waals surface area contributed by atoms with Gasteiger partial charge in [-0.1, -0.05) is 0 Å². The summed E-state index contributed by atoms with van der Waals surface area (Å²) in [6.45, 7) is 0. The quantitative estimate of drug-likeness (QED) is 0.919. The summed E-state index contributed by atoms with van der Waals surface area (Å²) in [7, 11) is 1.53. The number of benzene rings is 2. The molecule has 0 aromatic heterocycles. The zero-order valence-electron chi connectivity index (χ0n) is 11.0. The molecule has 21 heavy (non-hydrogen) atoms. The SMILES string of the molecule is COc1ccc(C(=O)Nc2ccc(F)c(C#N)c2)cc1Br. The summed E-state index contributed by atoms with van der Waals surface area (Å²) < 4.78 is 18.9. The molecule has 4 nitrogen and oxygen atoms in total. The number of halogens is 2. The van der Waals surface area contributed by atoms with E-state index in [1.165, 1.54) is 19.2 Å². The molecule has 106 valence electrons. The number of hydrogen-bond donors (Lipinski definition) is 1. The van der Waals surface area contributed by atoms with Crippen LogP contribution < -0.4 is 10.1 Å². The molecule has 0 spiro atoms. The molecule has 2 aromatic rings. The van der Waals surface area contributed by atoms with Gasteiger partial charge >= 0.3 is 0 Å². The maximum absolute atomic E-state index is 13.2. The molecule has 0 radical (unpaired) electrons. The second kappa shape index (κ2) is 6.37. The van der Waals surface area contributed by atoms with E-state index in [0.717, 1.165) is 6.07 Å². The highest BCUT2D eigenvalue weighted by Gasteiger charge is 2.10. The highest BCUT2D eigenvalue weighted by atomic mass is 79.9. The van der Waals surface area contributed by atoms with Crippen molar-refractivity contribution in [3.8, 4) is 11.8 Å². The van der Waals surface area contributed by atoms with Crippen molar-refractivity contribution in [2.24, 2.45) is 0 Å². The zero-order valence-corrected chi connectivity index (χ0v) is 12.6. The van der Waals surface area contributed by atoms with Crippen molar-refractivity contribution in [3.63, 3.8) is 0 Å². The summed E-state index contributed by atoms with van der Waals surface area (Å²) in [6, 6.07) is 10.4. The van der Waals surface area contributed by atoms with Crippen molar-refractivity contribution < 1.29 is 13.9 Å². The number of anilines is 1. The largest absolute Gasteiger partial charge is 0.496 e. The van der Waals surface area contributed by atoms with E-state index in [9.17, 15) is 9.18 Å². The van der Waals surface area contributed by atoms with E-state index in [-0.39, 0.29) is 11.5 Å². The van der Waals surface area contributed by atoms with E-state index >= 15 is 0 Å². The van der Waals surface area contributed by atoms with Gasteiger partial charge < -0.3 is 10.1 Å². The minimum Gasteiger partial charge on any atom is -0.496 e. The fraction of sp³-hybridized carbons (Fsp3) is 0.0667. The van der Waals surface area contributed by atoms with Gasteiger partial charge in [-0.25, -0.2) is 4.39 Å². The number of nitrogens with one attached hydrogen (secondary N) is 1. The van der Waals surface area contributed by atoms with Gasteiger partial charge in [-0.05, 0) is 52.3 Å². The smallest absolute Gasteiger partial charge is 0.255 e. The standard InChI is InChI=1S/C15H10BrFN2O2/c1-21-14-5-2-9(7-12(14)16)15(20)19-11-3-4-13(17)10(6-11)8-18/h2-7H,1H3,(H,19,20). The van der Waals surface area contributed by atoms with Crippen LogP contribution in [-0.2, 0) is 0 Å². The van der Waals surface area contributed by atoms with E-state index in [2.05, 4.69) is 21.2 Å². The first kappa shape index (κ1) is 15.0. The van der Waals surface area contributed by atoms with Gasteiger partial charge in [0.25, 0.3) is 5.91 Å². The Labute approximate surface area is 129 Å². The Balaban J connectivity index is 2.22. The maximum atomic E-state index is 13.2. The fourth-order valence-electron chi connectivity index (χ4n) is 1.70. The van der Waals surface area contributed by atoms with Crippen LogP contribution in [0.3, 0.4) is 0 Å². The molecule has 0 bridgehead atoms. The summed E-state index contributed by atoms with van der Waals surface area (Å²) in [5.74, 6) is -0.378. The minimum atomic E-state index is -0.623. The molecule has 0 aliphatic heterocycles. The Bertz CT molecular complexity index is 741. The van der Waals surface area contributed by atoms with Crippen LogP contribution in [0.5, 0.6) is 5.75 Å². The first-order valence-electron chi connectivity index (χ1n) is 5.89. The molecule has 1 amide bonds. The topological polar surface area (TPSA) is 62.1 Å². The van der Waals surface area contributed by atoms with Crippen LogP contribution >= 0.6 is 15.9 Å². The predicted molar refractivity (Wildman–Crippen MR) is 79.8 cm³/mol. The first-order valence-corrected chi connectivity index (χ1v) is 6.69. The third-order valence-electron chi connectivity index (χ3n) is 2.76. The van der Waals surface area contributed by atoms with E-state index in [1.54, 1.807) is 24.3 Å². The lowest BCUT2D eigenvalue weighted by Gasteiger charge is -2.08. The Hall–Kier alpha value is -2.39. The van der Waals surface area contributed by atoms with Crippen molar-refractivity contribution in [1.29, 1.82) is 5.26 Å². The molecule has 0 saturated carbocycles. The molecule has 0 unspecified atom stereocenters. The van der Waals surface area contributed by atoms with Crippen molar-refractivity contribution in [2.75, 3.05) is 12.4 Å². The first-order chi connectivity index (χ1) is 10.0. The number of ether oxygens (including phenoxy) is 1. The Morgan fingerprint density at radius 2 is 2.10 bits per heavy atom. The van der Waals surface area contributed by atoms with E-state index < -0.39 is 5.82 Å². The predicted octanol–water partition coefficient (Wildman–Crippen LogP) is 3.72. The van der Waals surface area contributed by atoms with E-state index in [4.69, 9.17) is 10.00 Å². The fourth-order valence-corrected chi connectivity index (χ4v) is 2.24. The molecular formula is C15H10BrFN2O2. The summed E-state index contributed by atoms with van der Waals surface area (Å²) in [5, 5.41) is 11.4. The van der Waals surface area contributed by atoms with Crippen molar-refractivity contribution in [1.82, 2.24) is 0 Å². The average molecular weight is 349 g/mol. The van der Waals surface area contributed by atoms with E-state index in [1.807, 2.05) is 0 Å². The number of hydrogen-bond acceptors (Lipinski definition) is 3. The third-order valence-corrected chi connectivity index (χ3v) is 3.38. The lowest BCUT2D eigenvalue weighted by molar-refractivity contribution is 0.102. The number of carbonyl (C=O) groups excluding carboxylic acids is 1. The van der Waals surface area contributed by atoms with Crippen LogP contribution in [0.2, 0.25) is 0 Å². The molecule has 0 aliphatic carbocycles. The number of nitriles is 1. The zero-order chi connectivity index (χ0) is 15.4. The highest BCUT2D eigenvalue weighted by molar-refractivity contribution is 9.10. The van der Waals surface area contributed by atoms with Gasteiger partial charge in [0.15, 0.2) is 0 Å². The number of rotatable bonds is 3. The number of carbonyl (C=O) groups is 1. The molecule has 1 N–H and O–H groups in total. The van der Waals surface area contributed by atoms with Crippen LogP contribution in [0.25, 0.3) is 0 Å². The van der Waals surface area contributed by atoms with Gasteiger partial charge in [-0.15, -0.1) is 0 Å². The van der Waals surface area contributed by atoms with Crippen molar-refractivity contribution >= 4 is 27.5 Å². The summed E-state index contributed by atoms with van der Waals surface area (Å²) in [5.41, 5.74) is 0.638. The van der Waals surface area contributed by atoms with Crippen molar-refractivity contribution in [3.05, 3.63) is 57.8 Å². The van der Waals surface area contributed by atoms with Gasteiger partial charge in [0.05, 0.1) is 17.1 Å². The lowest BCUT2D eigenvalue weighted by Crippen LogP contribution is -2.12. The van der Waals surface area contributed by atoms with Crippen molar-refractivity contribution in [2.45, 2.75) is 0 Å². The second-order valence-corrected chi connectivity index (χ2v) is 4.96. The Morgan fingerprint density at radius 3 is 2.71 bits per heavy atom. The lowest BCUT2D eigenvalue weighted by atomic mass is 10.1. The summed E-state index contributed by atoms with van der Waals surface area (Å²) in [4.78, 5) is 12.1. The number of nitrogens with zero attached hydrogens (tertiary/aromatic N) is 1. The van der Waals surface area contributed by atoms with Gasteiger partial charge in [0.1, 0.15) is 17.6 Å². The van der Waals surface area contributed by atoms with Gasteiger partial charge in [-0.2, -0.15) is 5.26 Å². The molecular weight excluding hydrogens is 339 g/mol. The van der Waals surface area contributed by atoms with Crippen LogP contribution in [0, 0.1) is 17.1 Å². The minimum absolute atomic E-state index is 0.122. The normalized spacial score (nSPS) is 9.81. The molecule has 2 aromatic carbocycles. The molecule has 0 heterocycles. The van der Waals surface area contributed by atoms with Crippen LogP contribution in [0.4, 0.5) is 10.1 Å². The van der Waals surface area contributed by atoms with E-state index in [0.29, 0.717) is 21.5 Å². The monoisotopic (exact) mass is 348 g/mol. The molecule has 0 atom stereocenters. The van der Waals surface area contributed by atoms with Gasteiger partial charge in [0, 0.05) is 11.3 Å². The molecule has 0 fully saturated rings. The number of methoxy groups -OCH3 is 1. The Morgan fingerprint density at radius 1 is 1.33 bits per heavy atom. The summed E-state index contributed by atoms with van der Waals surface area (Å²) in [6.07, 6.45) is 0. The third kappa shape index (κ3) is 3.38. The van der Waals surface area contributed by atoms with Crippen LogP contribution in [0.1, 0.15) is 15.9 Å². The molecule has 2 rings (SSSR count). The van der Waals surface area contributed by atoms with Crippen LogP contribution in [0.15, 0.2) is 40.9 Å². The molecule has 0 aliphatic rings. The Kier molecular flexibility index (Phi) is 4.55. The average Bonchev–Trinajstić information content (AvgIpc) is 2.49. The van der Waals surface area contributed by atoms with Crippen LogP contribution in [-0.4, -0.2) is 13.0 Å². The maximum Gasteiger partial charge on any atom is 0.255 e. The molecule has 0 saturated heterocycles. The van der Waals surface area contributed by atoms with Gasteiger partial charge in [0.2, 0.25) is 0 Å². The second-order valence-electron chi connectivity index (χ2n) is 4.11. The molecule has 6 heteroatoms. The van der Waals surface area contributed by atoms with Gasteiger partial charge in [-0.3, -0.25) is 4.79 Å². The number of amides is 1. The summed E-state index contributed by atoms with van der Waals surface area (Å²) >= 11 is 3.30.